The molecule has 0 aliphatic heterocycles. The zero-order valence-electron chi connectivity index (χ0n) is 10.8. The Balaban J connectivity index is 1.81. The Kier molecular flexibility index (Phi) is 4.91. The highest BCUT2D eigenvalue weighted by Crippen LogP contribution is 2.26. The van der Waals surface area contributed by atoms with E-state index in [-0.39, 0.29) is 11.8 Å². The summed E-state index contributed by atoms with van der Waals surface area (Å²) in [5, 5.41) is 15.5. The predicted molar refractivity (Wildman–Crippen MR) is 76.7 cm³/mol. The van der Waals surface area contributed by atoms with Crippen LogP contribution in [0.15, 0.2) is 18.2 Å². The number of amides is 2. The Hall–Kier alpha value is -1.42. The van der Waals surface area contributed by atoms with E-state index in [2.05, 4.69) is 10.6 Å². The molecule has 1 fully saturated rings. The molecule has 0 bridgehead atoms. The minimum Gasteiger partial charge on any atom is -0.506 e. The maximum Gasteiger partial charge on any atom is 0.319 e. The molecule has 1 aromatic rings. The summed E-state index contributed by atoms with van der Waals surface area (Å²) in [5.74, 6) is 0.588. The molecule has 4 nitrogen and oxygen atoms in total. The van der Waals surface area contributed by atoms with Gasteiger partial charge in [-0.25, -0.2) is 4.79 Å². The second kappa shape index (κ2) is 6.66. The number of carbonyl (C=O) groups is 1. The second-order valence-electron chi connectivity index (χ2n) is 5.00. The van der Waals surface area contributed by atoms with Gasteiger partial charge in [-0.05, 0) is 37.0 Å². The minimum absolute atomic E-state index is 0.0113. The summed E-state index contributed by atoms with van der Waals surface area (Å²) in [6.07, 6.45) is 6.18. The van der Waals surface area contributed by atoms with Crippen molar-refractivity contribution in [1.29, 1.82) is 0 Å². The lowest BCUT2D eigenvalue weighted by atomic mass is 9.89. The van der Waals surface area contributed by atoms with Crippen molar-refractivity contribution < 1.29 is 9.90 Å². The van der Waals surface area contributed by atoms with Crippen molar-refractivity contribution >= 4 is 23.3 Å². The highest BCUT2D eigenvalue weighted by molar-refractivity contribution is 6.31. The van der Waals surface area contributed by atoms with Gasteiger partial charge in [0.25, 0.3) is 0 Å². The first-order chi connectivity index (χ1) is 9.15. The van der Waals surface area contributed by atoms with Gasteiger partial charge in [0.1, 0.15) is 5.75 Å². The quantitative estimate of drug-likeness (QED) is 0.740. The molecule has 0 saturated heterocycles. The molecule has 1 saturated carbocycles. The lowest BCUT2D eigenvalue weighted by Gasteiger charge is -2.21. The van der Waals surface area contributed by atoms with Crippen LogP contribution in [0.3, 0.4) is 0 Å². The molecule has 1 aromatic carbocycles. The van der Waals surface area contributed by atoms with Crippen LogP contribution >= 0.6 is 11.6 Å². The Morgan fingerprint density at radius 1 is 1.32 bits per heavy atom. The van der Waals surface area contributed by atoms with E-state index in [1.54, 1.807) is 6.07 Å². The summed E-state index contributed by atoms with van der Waals surface area (Å²) < 4.78 is 0. The van der Waals surface area contributed by atoms with E-state index in [0.29, 0.717) is 23.2 Å². The van der Waals surface area contributed by atoms with Crippen LogP contribution in [0, 0.1) is 5.92 Å². The van der Waals surface area contributed by atoms with Crippen LogP contribution in [0.25, 0.3) is 0 Å². The number of benzene rings is 1. The number of halogens is 1. The highest BCUT2D eigenvalue weighted by Gasteiger charge is 2.14. The second-order valence-corrected chi connectivity index (χ2v) is 5.44. The molecule has 1 aliphatic rings. The molecular weight excluding hydrogens is 264 g/mol. The third-order valence-corrected chi connectivity index (χ3v) is 3.72. The standard InChI is InChI=1S/C14H19ClN2O2/c15-11-6-7-13(18)12(8-11)17-14(19)16-9-10-4-2-1-3-5-10/h6-8,10,18H,1-5,9H2,(H2,16,17,19). The van der Waals surface area contributed by atoms with Crippen molar-refractivity contribution in [1.82, 2.24) is 5.32 Å². The van der Waals surface area contributed by atoms with E-state index in [4.69, 9.17) is 11.6 Å². The van der Waals surface area contributed by atoms with Gasteiger partial charge in [-0.1, -0.05) is 30.9 Å². The Bertz CT molecular complexity index is 445. The van der Waals surface area contributed by atoms with E-state index in [9.17, 15) is 9.90 Å². The van der Waals surface area contributed by atoms with Gasteiger partial charge < -0.3 is 15.7 Å². The molecule has 0 heterocycles. The van der Waals surface area contributed by atoms with Crippen molar-refractivity contribution in [2.75, 3.05) is 11.9 Å². The smallest absolute Gasteiger partial charge is 0.319 e. The van der Waals surface area contributed by atoms with E-state index >= 15 is 0 Å². The summed E-state index contributed by atoms with van der Waals surface area (Å²) in [5.41, 5.74) is 0.327. The van der Waals surface area contributed by atoms with Gasteiger partial charge in [-0.15, -0.1) is 0 Å². The van der Waals surface area contributed by atoms with Crippen LogP contribution in [-0.4, -0.2) is 17.7 Å². The average Bonchev–Trinajstić information content (AvgIpc) is 2.42. The minimum atomic E-state index is -0.303. The maximum absolute atomic E-state index is 11.7. The van der Waals surface area contributed by atoms with Crippen LogP contribution in [0.1, 0.15) is 32.1 Å². The number of anilines is 1. The molecular formula is C14H19ClN2O2. The molecule has 0 atom stereocenters. The number of aromatic hydroxyl groups is 1. The largest absolute Gasteiger partial charge is 0.506 e. The SMILES string of the molecule is O=C(NCC1CCCCC1)Nc1cc(Cl)ccc1O. The van der Waals surface area contributed by atoms with Gasteiger partial charge in [0, 0.05) is 11.6 Å². The van der Waals surface area contributed by atoms with Crippen LogP contribution < -0.4 is 10.6 Å². The zero-order chi connectivity index (χ0) is 13.7. The molecule has 104 valence electrons. The third kappa shape index (κ3) is 4.31. The number of nitrogens with one attached hydrogen (secondary N) is 2. The van der Waals surface area contributed by atoms with Crippen LogP contribution in [0.2, 0.25) is 5.02 Å². The predicted octanol–water partition coefficient (Wildman–Crippen LogP) is 3.75. The van der Waals surface area contributed by atoms with Gasteiger partial charge in [0.15, 0.2) is 0 Å². The Morgan fingerprint density at radius 3 is 2.79 bits per heavy atom. The van der Waals surface area contributed by atoms with Crippen LogP contribution in [-0.2, 0) is 0 Å². The monoisotopic (exact) mass is 282 g/mol. The fraction of sp³-hybridized carbons (Fsp3) is 0.500. The van der Waals surface area contributed by atoms with Gasteiger partial charge >= 0.3 is 6.03 Å². The van der Waals surface area contributed by atoms with E-state index < -0.39 is 0 Å². The van der Waals surface area contributed by atoms with E-state index in [1.165, 1.54) is 44.2 Å². The van der Waals surface area contributed by atoms with E-state index in [1.807, 2.05) is 0 Å². The summed E-state index contributed by atoms with van der Waals surface area (Å²) in [6.45, 7) is 0.688. The summed E-state index contributed by atoms with van der Waals surface area (Å²) in [6, 6.07) is 4.25. The lowest BCUT2D eigenvalue weighted by molar-refractivity contribution is 0.247. The molecule has 2 rings (SSSR count). The summed E-state index contributed by atoms with van der Waals surface area (Å²) in [7, 11) is 0. The summed E-state index contributed by atoms with van der Waals surface area (Å²) in [4.78, 5) is 11.7. The molecule has 0 spiro atoms. The topological polar surface area (TPSA) is 61.4 Å². The van der Waals surface area contributed by atoms with Gasteiger partial charge in [0.05, 0.1) is 5.69 Å². The number of carbonyl (C=O) groups excluding carboxylic acids is 1. The molecule has 0 radical (unpaired) electrons. The molecule has 0 aromatic heterocycles. The molecule has 5 heteroatoms. The van der Waals surface area contributed by atoms with Gasteiger partial charge in [0.2, 0.25) is 0 Å². The zero-order valence-corrected chi connectivity index (χ0v) is 11.5. The molecule has 2 amide bonds. The number of rotatable bonds is 3. The van der Waals surface area contributed by atoms with Crippen molar-refractivity contribution in [3.05, 3.63) is 23.2 Å². The van der Waals surface area contributed by atoms with Crippen LogP contribution in [0.4, 0.5) is 10.5 Å². The van der Waals surface area contributed by atoms with Crippen molar-refractivity contribution in [3.8, 4) is 5.75 Å². The van der Waals surface area contributed by atoms with Crippen LogP contribution in [0.5, 0.6) is 5.75 Å². The highest BCUT2D eigenvalue weighted by atomic mass is 35.5. The van der Waals surface area contributed by atoms with Crippen molar-refractivity contribution in [2.45, 2.75) is 32.1 Å². The van der Waals surface area contributed by atoms with E-state index in [0.717, 1.165) is 0 Å². The van der Waals surface area contributed by atoms with Gasteiger partial charge in [-0.2, -0.15) is 0 Å². The molecule has 1 aliphatic carbocycles. The fourth-order valence-electron chi connectivity index (χ4n) is 2.40. The first kappa shape index (κ1) is 14.0. The number of urea groups is 1. The Labute approximate surface area is 118 Å². The maximum atomic E-state index is 11.7. The average molecular weight is 283 g/mol. The normalized spacial score (nSPS) is 16.1. The molecule has 3 N–H and O–H groups in total. The number of phenols is 1. The fourth-order valence-corrected chi connectivity index (χ4v) is 2.58. The van der Waals surface area contributed by atoms with Gasteiger partial charge in [-0.3, -0.25) is 0 Å². The van der Waals surface area contributed by atoms with Crippen molar-refractivity contribution in [2.24, 2.45) is 5.92 Å². The molecule has 0 unspecified atom stereocenters. The van der Waals surface area contributed by atoms with Crippen molar-refractivity contribution in [3.63, 3.8) is 0 Å². The number of hydrogen-bond donors (Lipinski definition) is 3. The number of hydrogen-bond acceptors (Lipinski definition) is 2. The molecule has 19 heavy (non-hydrogen) atoms. The number of phenolic OH excluding ortho intramolecular Hbond substituents is 1. The first-order valence-corrected chi connectivity index (χ1v) is 7.06. The summed E-state index contributed by atoms with van der Waals surface area (Å²) >= 11 is 5.82. The third-order valence-electron chi connectivity index (χ3n) is 3.48. The Morgan fingerprint density at radius 2 is 2.05 bits per heavy atom. The first-order valence-electron chi connectivity index (χ1n) is 6.68. The lowest BCUT2D eigenvalue weighted by Crippen LogP contribution is -2.33.